The zero-order chi connectivity index (χ0) is 21.3. The Morgan fingerprint density at radius 2 is 2.00 bits per heavy atom. The number of carbonyl (C=O) groups excluding carboxylic acids is 1. The fourth-order valence-electron chi connectivity index (χ4n) is 2.83. The van der Waals surface area contributed by atoms with Gasteiger partial charge in [0.05, 0.1) is 35.0 Å². The first kappa shape index (κ1) is 19.6. The van der Waals surface area contributed by atoms with Crippen molar-refractivity contribution in [2.24, 2.45) is 14.1 Å². The van der Waals surface area contributed by atoms with Crippen LogP contribution in [0, 0.1) is 6.92 Å². The molecule has 30 heavy (non-hydrogen) atoms. The number of pyridine rings is 1. The quantitative estimate of drug-likeness (QED) is 0.401. The molecule has 0 unspecified atom stereocenters. The predicted octanol–water partition coefficient (Wildman–Crippen LogP) is 2.46. The van der Waals surface area contributed by atoms with Gasteiger partial charge >= 0.3 is 0 Å². The average molecular weight is 427 g/mol. The molecule has 0 saturated heterocycles. The van der Waals surface area contributed by atoms with E-state index in [9.17, 15) is 4.79 Å². The lowest BCUT2D eigenvalue weighted by Crippen LogP contribution is -2.13. The van der Waals surface area contributed by atoms with E-state index < -0.39 is 0 Å². The smallest absolute Gasteiger partial charge is 0.239 e. The molecule has 3 N–H and O–H groups in total. The Kier molecular flexibility index (Phi) is 5.19. The highest BCUT2D eigenvalue weighted by atomic mass is 35.5. The van der Waals surface area contributed by atoms with Crippen LogP contribution in [0.3, 0.4) is 0 Å². The zero-order valence-corrected chi connectivity index (χ0v) is 17.3. The summed E-state index contributed by atoms with van der Waals surface area (Å²) < 4.78 is 3.48. The minimum Gasteiger partial charge on any atom is -0.338 e. The second-order valence-corrected chi connectivity index (χ2v) is 6.88. The Hall–Kier alpha value is -3.73. The van der Waals surface area contributed by atoms with Crippen LogP contribution in [0.1, 0.15) is 5.69 Å². The van der Waals surface area contributed by atoms with Crippen LogP contribution in [0.15, 0.2) is 31.0 Å². The van der Waals surface area contributed by atoms with Gasteiger partial charge in [-0.3, -0.25) is 9.78 Å². The van der Waals surface area contributed by atoms with Gasteiger partial charge in [-0.15, -0.1) is 11.6 Å². The lowest BCUT2D eigenvalue weighted by molar-refractivity contribution is -0.113. The predicted molar refractivity (Wildman–Crippen MR) is 114 cm³/mol. The van der Waals surface area contributed by atoms with Crippen LogP contribution in [0.5, 0.6) is 0 Å². The Labute approximate surface area is 176 Å². The summed E-state index contributed by atoms with van der Waals surface area (Å²) in [5, 5.41) is 14.2. The van der Waals surface area contributed by atoms with Crippen molar-refractivity contribution in [1.29, 1.82) is 0 Å². The number of nitrogens with zero attached hydrogens (tertiary/aromatic N) is 7. The molecular weight excluding hydrogens is 408 g/mol. The summed E-state index contributed by atoms with van der Waals surface area (Å²) in [5.41, 5.74) is 2.61. The number of aryl methyl sites for hydroxylation is 3. The molecule has 0 bridgehead atoms. The van der Waals surface area contributed by atoms with Crippen LogP contribution in [0.2, 0.25) is 0 Å². The number of amides is 1. The monoisotopic (exact) mass is 426 g/mol. The van der Waals surface area contributed by atoms with E-state index in [4.69, 9.17) is 11.6 Å². The summed E-state index contributed by atoms with van der Waals surface area (Å²) in [7, 11) is 3.68. The first-order chi connectivity index (χ1) is 14.4. The van der Waals surface area contributed by atoms with Gasteiger partial charge in [-0.05, 0) is 13.0 Å². The summed E-state index contributed by atoms with van der Waals surface area (Å²) in [6.07, 6.45) is 6.77. The molecule has 0 fully saturated rings. The van der Waals surface area contributed by atoms with E-state index in [2.05, 4.69) is 41.0 Å². The maximum atomic E-state index is 11.5. The minimum absolute atomic E-state index is 0.131. The van der Waals surface area contributed by atoms with Crippen molar-refractivity contribution in [2.75, 3.05) is 21.8 Å². The van der Waals surface area contributed by atoms with E-state index in [0.29, 0.717) is 34.6 Å². The van der Waals surface area contributed by atoms with Crippen LogP contribution >= 0.6 is 11.6 Å². The molecule has 0 aliphatic heterocycles. The zero-order valence-electron chi connectivity index (χ0n) is 16.5. The van der Waals surface area contributed by atoms with Crippen LogP contribution in [0.25, 0.3) is 11.0 Å². The topological polar surface area (TPSA) is 127 Å². The van der Waals surface area contributed by atoms with Crippen LogP contribution in [-0.2, 0) is 18.9 Å². The van der Waals surface area contributed by atoms with Crippen LogP contribution in [0.4, 0.5) is 29.0 Å². The average Bonchev–Trinajstić information content (AvgIpc) is 3.27. The van der Waals surface area contributed by atoms with Crippen molar-refractivity contribution in [3.8, 4) is 0 Å². The number of alkyl halides is 1. The molecule has 0 aliphatic rings. The normalized spacial score (nSPS) is 10.9. The highest BCUT2D eigenvalue weighted by Crippen LogP contribution is 2.27. The maximum Gasteiger partial charge on any atom is 0.239 e. The summed E-state index contributed by atoms with van der Waals surface area (Å²) in [6, 6.07) is 1.77. The Morgan fingerprint density at radius 3 is 2.73 bits per heavy atom. The highest BCUT2D eigenvalue weighted by Gasteiger charge is 2.14. The molecule has 0 atom stereocenters. The van der Waals surface area contributed by atoms with Gasteiger partial charge in [-0.2, -0.15) is 10.1 Å². The number of fused-ring (bicyclic) bond motifs is 1. The second-order valence-electron chi connectivity index (χ2n) is 6.62. The number of halogens is 1. The number of anilines is 5. The molecule has 11 nitrogen and oxygen atoms in total. The van der Waals surface area contributed by atoms with Crippen LogP contribution < -0.4 is 16.0 Å². The van der Waals surface area contributed by atoms with E-state index in [-0.39, 0.29) is 11.8 Å². The molecular formula is C18H19ClN10O. The molecule has 12 heteroatoms. The van der Waals surface area contributed by atoms with Gasteiger partial charge in [0.15, 0.2) is 17.3 Å². The number of nitrogens with one attached hydrogen (secondary N) is 3. The number of imidazole rings is 1. The third-order valence-corrected chi connectivity index (χ3v) is 4.51. The van der Waals surface area contributed by atoms with E-state index in [0.717, 1.165) is 11.1 Å². The van der Waals surface area contributed by atoms with E-state index in [1.807, 2.05) is 24.7 Å². The summed E-state index contributed by atoms with van der Waals surface area (Å²) in [4.78, 5) is 29.0. The molecule has 4 aromatic heterocycles. The first-order valence-electron chi connectivity index (χ1n) is 8.97. The molecule has 154 valence electrons. The molecule has 0 spiro atoms. The largest absolute Gasteiger partial charge is 0.338 e. The molecule has 4 heterocycles. The molecule has 0 aliphatic carbocycles. The standard InChI is InChI=1S/C18H19ClN10O/c1-10-13(4-11(6-20-10)23-15(30)5-19)24-16-12-7-21-18(26-17(12)29(3)27-16)25-14-8-28(2)9-22-14/h4,6-9H,5H2,1-3H3,(H,23,30)(H,24,27)(H,21,25,26). The Balaban J connectivity index is 1.62. The van der Waals surface area contributed by atoms with Gasteiger partial charge in [-0.25, -0.2) is 14.6 Å². The summed E-state index contributed by atoms with van der Waals surface area (Å²) >= 11 is 5.55. The molecule has 4 aromatic rings. The van der Waals surface area contributed by atoms with E-state index in [1.165, 1.54) is 0 Å². The third kappa shape index (κ3) is 4.01. The molecule has 0 aromatic carbocycles. The van der Waals surface area contributed by atoms with Crippen molar-refractivity contribution in [3.63, 3.8) is 0 Å². The molecule has 4 rings (SSSR count). The molecule has 0 radical (unpaired) electrons. The van der Waals surface area contributed by atoms with Gasteiger partial charge in [0.1, 0.15) is 5.88 Å². The highest BCUT2D eigenvalue weighted by molar-refractivity contribution is 6.29. The number of hydrogen-bond acceptors (Lipinski definition) is 8. The first-order valence-corrected chi connectivity index (χ1v) is 9.50. The van der Waals surface area contributed by atoms with Crippen molar-refractivity contribution in [3.05, 3.63) is 36.7 Å². The molecule has 1 amide bonds. The van der Waals surface area contributed by atoms with Crippen molar-refractivity contribution >= 4 is 57.5 Å². The Morgan fingerprint density at radius 1 is 1.17 bits per heavy atom. The second kappa shape index (κ2) is 7.95. The SMILES string of the molecule is Cc1ncc(NC(=O)CCl)cc1Nc1nn(C)c2nc(Nc3cn(C)cn3)ncc12. The maximum absolute atomic E-state index is 11.5. The minimum atomic E-state index is -0.308. The third-order valence-electron chi connectivity index (χ3n) is 4.27. The van der Waals surface area contributed by atoms with E-state index >= 15 is 0 Å². The van der Waals surface area contributed by atoms with Crippen molar-refractivity contribution in [1.82, 2.24) is 34.3 Å². The number of hydrogen-bond donors (Lipinski definition) is 3. The van der Waals surface area contributed by atoms with Gasteiger partial charge in [0.2, 0.25) is 11.9 Å². The number of rotatable bonds is 6. The van der Waals surface area contributed by atoms with Crippen LogP contribution in [-0.4, -0.2) is 46.1 Å². The van der Waals surface area contributed by atoms with Crippen molar-refractivity contribution < 1.29 is 4.79 Å². The fourth-order valence-corrected chi connectivity index (χ4v) is 2.90. The van der Waals surface area contributed by atoms with Gasteiger partial charge < -0.3 is 20.5 Å². The fraction of sp³-hybridized carbons (Fsp3) is 0.222. The molecule has 0 saturated carbocycles. The van der Waals surface area contributed by atoms with Gasteiger partial charge in [0, 0.05) is 26.5 Å². The van der Waals surface area contributed by atoms with E-state index in [1.54, 1.807) is 36.5 Å². The number of aromatic nitrogens is 7. The van der Waals surface area contributed by atoms with Crippen molar-refractivity contribution in [2.45, 2.75) is 6.92 Å². The Bertz CT molecular complexity index is 1230. The lowest BCUT2D eigenvalue weighted by atomic mass is 10.2. The van der Waals surface area contributed by atoms with Gasteiger partial charge in [0.25, 0.3) is 0 Å². The number of carbonyl (C=O) groups is 1. The van der Waals surface area contributed by atoms with Gasteiger partial charge in [-0.1, -0.05) is 0 Å². The summed E-state index contributed by atoms with van der Waals surface area (Å²) in [5.74, 6) is 1.20. The lowest BCUT2D eigenvalue weighted by Gasteiger charge is -2.10. The summed E-state index contributed by atoms with van der Waals surface area (Å²) in [6.45, 7) is 1.85.